The van der Waals surface area contributed by atoms with E-state index < -0.39 is 48.9 Å². The second kappa shape index (κ2) is 14.2. The molecule has 0 unspecified atom stereocenters. The number of carboxylic acid groups (broad SMARTS) is 2. The molecule has 0 saturated carbocycles. The van der Waals surface area contributed by atoms with Crippen molar-refractivity contribution < 1.29 is 47.8 Å². The maximum absolute atomic E-state index is 11.9. The van der Waals surface area contributed by atoms with Crippen LogP contribution in [-0.4, -0.2) is 100 Å². The van der Waals surface area contributed by atoms with Gasteiger partial charge in [-0.25, -0.2) is 9.59 Å². The van der Waals surface area contributed by atoms with Crippen molar-refractivity contribution in [1.82, 2.24) is 0 Å². The number of carbonyl (C=O) groups is 4. The van der Waals surface area contributed by atoms with E-state index in [0.717, 1.165) is 12.2 Å². The Hall–Kier alpha value is -1.88. The summed E-state index contributed by atoms with van der Waals surface area (Å²) in [4.78, 5) is 45.4. The van der Waals surface area contributed by atoms with Crippen LogP contribution < -0.4 is 10.2 Å². The Labute approximate surface area is 189 Å². The predicted molar refractivity (Wildman–Crippen MR) is 108 cm³/mol. The summed E-state index contributed by atoms with van der Waals surface area (Å²) in [5.74, 6) is -4.56. The number of esters is 2. The van der Waals surface area contributed by atoms with Crippen molar-refractivity contribution in [3.05, 3.63) is 12.2 Å². The highest BCUT2D eigenvalue weighted by Gasteiger charge is 2.23. The lowest BCUT2D eigenvalue weighted by Crippen LogP contribution is -2.45. The van der Waals surface area contributed by atoms with Crippen LogP contribution in [0.1, 0.15) is 12.8 Å². The van der Waals surface area contributed by atoms with Crippen LogP contribution in [0.25, 0.3) is 0 Å². The minimum absolute atomic E-state index is 0. The van der Waals surface area contributed by atoms with Crippen LogP contribution in [0.5, 0.6) is 0 Å². The van der Waals surface area contributed by atoms with Gasteiger partial charge in [-0.3, -0.25) is 0 Å². The monoisotopic (exact) mass is 474 g/mol. The van der Waals surface area contributed by atoms with Gasteiger partial charge in [-0.15, -0.1) is 24.8 Å². The maximum Gasteiger partial charge on any atom is 0.331 e. The molecule has 0 aliphatic heterocycles. The molecule has 0 aliphatic rings. The first-order valence-electron chi connectivity index (χ1n) is 8.67. The van der Waals surface area contributed by atoms with E-state index in [9.17, 15) is 29.4 Å². The molecule has 0 saturated heterocycles. The van der Waals surface area contributed by atoms with Gasteiger partial charge < -0.3 is 38.2 Å². The Kier molecular flexibility index (Phi) is 15.5. The molecule has 0 spiro atoms. The van der Waals surface area contributed by atoms with E-state index in [-0.39, 0.29) is 37.9 Å². The molecule has 0 N–H and O–H groups in total. The highest BCUT2D eigenvalue weighted by atomic mass is 35.5. The van der Waals surface area contributed by atoms with Gasteiger partial charge in [0.2, 0.25) is 0 Å². The molecule has 0 heterocycles. The van der Waals surface area contributed by atoms with Crippen molar-refractivity contribution in [3.63, 3.8) is 0 Å². The number of aliphatic carboxylic acids is 2. The second-order valence-corrected chi connectivity index (χ2v) is 8.55. The molecule has 176 valence electrons. The van der Waals surface area contributed by atoms with Crippen LogP contribution in [0.2, 0.25) is 0 Å². The van der Waals surface area contributed by atoms with Gasteiger partial charge in [-0.05, 0) is 0 Å². The molecule has 0 aromatic carbocycles. The van der Waals surface area contributed by atoms with Crippen LogP contribution in [0.3, 0.4) is 0 Å². The summed E-state index contributed by atoms with van der Waals surface area (Å²) in [5, 5.41) is 21.6. The van der Waals surface area contributed by atoms with Crippen LogP contribution in [0, 0.1) is 0 Å². The van der Waals surface area contributed by atoms with Crippen molar-refractivity contribution in [2.24, 2.45) is 0 Å². The van der Waals surface area contributed by atoms with Crippen molar-refractivity contribution >= 4 is 48.7 Å². The van der Waals surface area contributed by atoms with Crippen molar-refractivity contribution in [3.8, 4) is 0 Å². The second-order valence-electron chi connectivity index (χ2n) is 8.55. The molecule has 0 rings (SSSR count). The minimum Gasteiger partial charge on any atom is -0.550 e. The maximum atomic E-state index is 11.9. The molecule has 0 aromatic rings. The fourth-order valence-corrected chi connectivity index (χ4v) is 2.42. The molecule has 0 aliphatic carbocycles. The molecule has 2 atom stereocenters. The summed E-state index contributed by atoms with van der Waals surface area (Å²) in [5.41, 5.74) is 0. The topological polar surface area (TPSA) is 133 Å². The molecule has 0 aromatic heterocycles. The molecule has 0 radical (unpaired) electrons. The SMILES string of the molecule is C[N+](C)(C)C[C@H](CC(=O)[O-])OC(=O)/C=C/C(=O)O[C@@H](CC(=O)[O-])C[N+](C)(C)C.Cl.Cl. The first kappa shape index (κ1) is 32.8. The van der Waals surface area contributed by atoms with E-state index in [1.165, 1.54) is 0 Å². The van der Waals surface area contributed by atoms with Gasteiger partial charge in [0.1, 0.15) is 13.1 Å². The van der Waals surface area contributed by atoms with Crippen molar-refractivity contribution in [2.75, 3.05) is 55.4 Å². The number of quaternary nitrogens is 2. The van der Waals surface area contributed by atoms with E-state index in [1.54, 1.807) is 42.3 Å². The number of carbonyl (C=O) groups excluding carboxylic acids is 4. The fraction of sp³-hybridized carbons (Fsp3) is 0.667. The Bertz CT molecular complexity index is 560. The molecular formula is C18H32Cl2N2O8. The summed E-state index contributed by atoms with van der Waals surface area (Å²) >= 11 is 0. The average Bonchev–Trinajstić information content (AvgIpc) is 2.39. The molecule has 10 nitrogen and oxygen atoms in total. The van der Waals surface area contributed by atoms with Crippen LogP contribution >= 0.6 is 24.8 Å². The number of hydrogen-bond acceptors (Lipinski definition) is 8. The number of halogens is 2. The first-order valence-corrected chi connectivity index (χ1v) is 8.67. The standard InChI is InChI=1S/C18H30N2O8.2ClH/c1-19(2,3)11-13(9-15(21)22)27-17(25)7-8-18(26)28-14(10-16(23)24)12-20(4,5)6;;/h7-8,13-14H,9-12H2,1-6H3;2*1H/b8-7+;;/t13-,14-;;/m0../s1. The highest BCUT2D eigenvalue weighted by Crippen LogP contribution is 2.07. The van der Waals surface area contributed by atoms with Crippen molar-refractivity contribution in [2.45, 2.75) is 25.0 Å². The van der Waals surface area contributed by atoms with Gasteiger partial charge in [0, 0.05) is 36.9 Å². The van der Waals surface area contributed by atoms with E-state index in [0.29, 0.717) is 8.97 Å². The normalized spacial score (nSPS) is 13.4. The Balaban J connectivity index is -0.00000364. The summed E-state index contributed by atoms with van der Waals surface area (Å²) in [6.45, 7) is 0.463. The van der Waals surface area contributed by atoms with Crippen LogP contribution in [-0.2, 0) is 28.7 Å². The number of hydrogen-bond donors (Lipinski definition) is 0. The van der Waals surface area contributed by atoms with Crippen LogP contribution in [0.15, 0.2) is 12.2 Å². The van der Waals surface area contributed by atoms with E-state index in [4.69, 9.17) is 9.47 Å². The molecule has 0 amide bonds. The quantitative estimate of drug-likeness (QED) is 0.178. The number of nitrogens with zero attached hydrogens (tertiary/aromatic N) is 2. The first-order chi connectivity index (χ1) is 12.6. The third-order valence-electron chi connectivity index (χ3n) is 3.21. The van der Waals surface area contributed by atoms with Gasteiger partial charge in [0.25, 0.3) is 0 Å². The molecule has 30 heavy (non-hydrogen) atoms. The van der Waals surface area contributed by atoms with Gasteiger partial charge >= 0.3 is 11.9 Å². The van der Waals surface area contributed by atoms with Crippen molar-refractivity contribution in [1.29, 1.82) is 0 Å². The lowest BCUT2D eigenvalue weighted by Gasteiger charge is -2.29. The smallest absolute Gasteiger partial charge is 0.331 e. The van der Waals surface area contributed by atoms with E-state index in [2.05, 4.69) is 0 Å². The Morgan fingerprint density at radius 3 is 1.17 bits per heavy atom. The fourth-order valence-electron chi connectivity index (χ4n) is 2.42. The Morgan fingerprint density at radius 2 is 0.967 bits per heavy atom. The molecular weight excluding hydrogens is 443 g/mol. The summed E-state index contributed by atoms with van der Waals surface area (Å²) in [6.07, 6.45) is -1.19. The van der Waals surface area contributed by atoms with Gasteiger partial charge in [-0.1, -0.05) is 0 Å². The van der Waals surface area contributed by atoms with Gasteiger partial charge in [0.05, 0.1) is 42.3 Å². The number of carboxylic acids is 2. The lowest BCUT2D eigenvalue weighted by atomic mass is 10.2. The number of likely N-dealkylation sites (N-methyl/N-ethyl adjacent to an activating group) is 2. The largest absolute Gasteiger partial charge is 0.550 e. The number of rotatable bonds is 12. The lowest BCUT2D eigenvalue weighted by molar-refractivity contribution is -0.873. The van der Waals surface area contributed by atoms with Crippen LogP contribution in [0.4, 0.5) is 0 Å². The molecule has 12 heteroatoms. The zero-order chi connectivity index (χ0) is 22.1. The summed E-state index contributed by atoms with van der Waals surface area (Å²) < 4.78 is 10.8. The highest BCUT2D eigenvalue weighted by molar-refractivity contribution is 5.92. The zero-order valence-electron chi connectivity index (χ0n) is 18.1. The summed E-state index contributed by atoms with van der Waals surface area (Å²) in [7, 11) is 10.8. The Morgan fingerprint density at radius 1 is 0.700 bits per heavy atom. The zero-order valence-corrected chi connectivity index (χ0v) is 19.7. The molecule has 0 bridgehead atoms. The van der Waals surface area contributed by atoms with Gasteiger partial charge in [0.15, 0.2) is 12.2 Å². The third-order valence-corrected chi connectivity index (χ3v) is 3.21. The number of ether oxygens (including phenoxy) is 2. The average molecular weight is 475 g/mol. The van der Waals surface area contributed by atoms with E-state index in [1.807, 2.05) is 0 Å². The van der Waals surface area contributed by atoms with E-state index >= 15 is 0 Å². The third kappa shape index (κ3) is 19.4. The van der Waals surface area contributed by atoms with Gasteiger partial charge in [-0.2, -0.15) is 0 Å². The minimum atomic E-state index is -1.36. The predicted octanol–water partition coefficient (Wildman–Crippen LogP) is -2.10. The summed E-state index contributed by atoms with van der Waals surface area (Å²) in [6, 6.07) is 0. The molecule has 0 fully saturated rings.